The summed E-state index contributed by atoms with van der Waals surface area (Å²) in [5.74, 6) is 0.792. The third-order valence-corrected chi connectivity index (χ3v) is 5.10. The first-order valence-electron chi connectivity index (χ1n) is 10.5. The Morgan fingerprint density at radius 1 is 0.500 bits per heavy atom. The van der Waals surface area contributed by atoms with E-state index in [-0.39, 0.29) is 0 Å². The van der Waals surface area contributed by atoms with Gasteiger partial charge >= 0.3 is 0 Å². The van der Waals surface area contributed by atoms with Crippen molar-refractivity contribution in [1.29, 1.82) is 0 Å². The average Bonchev–Trinajstić information content (AvgIpc) is 2.53. The maximum atomic E-state index is 6.56. The third-order valence-electron chi connectivity index (χ3n) is 5.10. The van der Waals surface area contributed by atoms with Crippen LogP contribution in [-0.4, -0.2) is 6.04 Å². The van der Waals surface area contributed by atoms with Gasteiger partial charge in [-0.05, 0) is 25.2 Å². The van der Waals surface area contributed by atoms with E-state index in [0.29, 0.717) is 6.04 Å². The average molecular weight is 312 g/mol. The van der Waals surface area contributed by atoms with Gasteiger partial charge in [-0.3, -0.25) is 0 Å². The van der Waals surface area contributed by atoms with E-state index >= 15 is 0 Å². The molecule has 0 aromatic heterocycles. The zero-order valence-electron chi connectivity index (χ0n) is 16.0. The SMILES string of the molecule is CCCCCCCC(N)C(CCCCCC)CCCCCC. The number of unbranched alkanes of at least 4 members (excludes halogenated alkanes) is 10. The fourth-order valence-corrected chi connectivity index (χ4v) is 3.46. The topological polar surface area (TPSA) is 26.0 Å². The van der Waals surface area contributed by atoms with Crippen LogP contribution in [0.5, 0.6) is 0 Å². The fourth-order valence-electron chi connectivity index (χ4n) is 3.46. The molecule has 0 aliphatic heterocycles. The van der Waals surface area contributed by atoms with Gasteiger partial charge in [0.05, 0.1) is 0 Å². The van der Waals surface area contributed by atoms with E-state index in [4.69, 9.17) is 5.73 Å². The van der Waals surface area contributed by atoms with Gasteiger partial charge < -0.3 is 5.73 Å². The molecule has 0 aliphatic rings. The molecule has 0 rings (SSSR count). The Balaban J connectivity index is 3.94. The Hall–Kier alpha value is -0.0400. The van der Waals surface area contributed by atoms with Gasteiger partial charge in [-0.15, -0.1) is 0 Å². The van der Waals surface area contributed by atoms with E-state index in [0.717, 1.165) is 5.92 Å². The Bertz CT molecular complexity index is 190. The Morgan fingerprint density at radius 2 is 0.864 bits per heavy atom. The van der Waals surface area contributed by atoms with Gasteiger partial charge in [-0.25, -0.2) is 0 Å². The van der Waals surface area contributed by atoms with Gasteiger partial charge in [0.25, 0.3) is 0 Å². The van der Waals surface area contributed by atoms with Crippen molar-refractivity contribution in [2.75, 3.05) is 0 Å². The van der Waals surface area contributed by atoms with Crippen molar-refractivity contribution in [3.63, 3.8) is 0 Å². The number of nitrogens with two attached hydrogens (primary N) is 1. The van der Waals surface area contributed by atoms with Crippen LogP contribution in [0.4, 0.5) is 0 Å². The lowest BCUT2D eigenvalue weighted by Gasteiger charge is -2.24. The van der Waals surface area contributed by atoms with Crippen LogP contribution >= 0.6 is 0 Å². The summed E-state index contributed by atoms with van der Waals surface area (Å²) in [6.45, 7) is 6.88. The monoisotopic (exact) mass is 311 g/mol. The maximum Gasteiger partial charge on any atom is 0.00671 e. The second-order valence-corrected chi connectivity index (χ2v) is 7.33. The summed E-state index contributed by atoms with van der Waals surface area (Å²) in [5.41, 5.74) is 6.56. The first-order valence-corrected chi connectivity index (χ1v) is 10.5. The van der Waals surface area contributed by atoms with Gasteiger partial charge in [0.15, 0.2) is 0 Å². The van der Waals surface area contributed by atoms with E-state index in [9.17, 15) is 0 Å². The minimum Gasteiger partial charge on any atom is -0.327 e. The highest BCUT2D eigenvalue weighted by molar-refractivity contribution is 4.73. The van der Waals surface area contributed by atoms with Crippen molar-refractivity contribution in [2.24, 2.45) is 11.7 Å². The second-order valence-electron chi connectivity index (χ2n) is 7.33. The molecule has 1 atom stereocenters. The molecule has 22 heavy (non-hydrogen) atoms. The van der Waals surface area contributed by atoms with Crippen LogP contribution in [0.3, 0.4) is 0 Å². The van der Waals surface area contributed by atoms with Crippen LogP contribution in [0.1, 0.15) is 124 Å². The Kier molecular flexibility index (Phi) is 17.3. The predicted molar refractivity (Wildman–Crippen MR) is 102 cm³/mol. The molecule has 1 nitrogen and oxygen atoms in total. The van der Waals surface area contributed by atoms with Gasteiger partial charge in [0, 0.05) is 6.04 Å². The van der Waals surface area contributed by atoms with Crippen molar-refractivity contribution < 1.29 is 0 Å². The van der Waals surface area contributed by atoms with Gasteiger partial charge in [-0.2, -0.15) is 0 Å². The number of rotatable bonds is 17. The van der Waals surface area contributed by atoms with Gasteiger partial charge in [-0.1, -0.05) is 104 Å². The molecule has 0 radical (unpaired) electrons. The van der Waals surface area contributed by atoms with Crippen molar-refractivity contribution >= 4 is 0 Å². The Morgan fingerprint density at radius 3 is 1.32 bits per heavy atom. The van der Waals surface area contributed by atoms with Crippen LogP contribution in [-0.2, 0) is 0 Å². The van der Waals surface area contributed by atoms with Crippen molar-refractivity contribution in [2.45, 2.75) is 130 Å². The standard InChI is InChI=1S/C21H45N/c1-4-7-10-13-16-19-21(22)20(17-14-11-8-5-2)18-15-12-9-6-3/h20-21H,4-19,22H2,1-3H3. The number of hydrogen-bond donors (Lipinski definition) is 1. The minimum absolute atomic E-state index is 0.463. The highest BCUT2D eigenvalue weighted by Crippen LogP contribution is 2.23. The number of hydrogen-bond acceptors (Lipinski definition) is 1. The summed E-state index contributed by atoms with van der Waals surface area (Å²) in [6, 6.07) is 0.463. The molecule has 0 aliphatic carbocycles. The lowest BCUT2D eigenvalue weighted by molar-refractivity contribution is 0.323. The van der Waals surface area contributed by atoms with Crippen LogP contribution in [0.15, 0.2) is 0 Å². The van der Waals surface area contributed by atoms with E-state index in [1.807, 2.05) is 0 Å². The zero-order valence-corrected chi connectivity index (χ0v) is 16.0. The quantitative estimate of drug-likeness (QED) is 0.282. The van der Waals surface area contributed by atoms with Crippen LogP contribution in [0, 0.1) is 5.92 Å². The van der Waals surface area contributed by atoms with Gasteiger partial charge in [0.1, 0.15) is 0 Å². The summed E-state index contributed by atoms with van der Waals surface area (Å²) in [5, 5.41) is 0. The molecule has 0 fully saturated rings. The summed E-state index contributed by atoms with van der Waals surface area (Å²) in [7, 11) is 0. The Labute approximate surface area is 141 Å². The summed E-state index contributed by atoms with van der Waals surface area (Å²) >= 11 is 0. The molecular formula is C21H45N. The molecule has 0 saturated carbocycles. The van der Waals surface area contributed by atoms with Crippen molar-refractivity contribution in [3.05, 3.63) is 0 Å². The molecule has 0 aromatic carbocycles. The van der Waals surface area contributed by atoms with Gasteiger partial charge in [0.2, 0.25) is 0 Å². The molecule has 0 bridgehead atoms. The normalized spacial score (nSPS) is 13.0. The summed E-state index contributed by atoms with van der Waals surface area (Å²) in [4.78, 5) is 0. The van der Waals surface area contributed by atoms with E-state index in [2.05, 4.69) is 20.8 Å². The zero-order chi connectivity index (χ0) is 16.5. The fraction of sp³-hybridized carbons (Fsp3) is 1.00. The van der Waals surface area contributed by atoms with Crippen molar-refractivity contribution in [1.82, 2.24) is 0 Å². The first-order chi connectivity index (χ1) is 10.8. The highest BCUT2D eigenvalue weighted by Gasteiger charge is 2.16. The minimum atomic E-state index is 0.463. The molecule has 0 saturated heterocycles. The largest absolute Gasteiger partial charge is 0.327 e. The lowest BCUT2D eigenvalue weighted by atomic mass is 9.86. The van der Waals surface area contributed by atoms with E-state index < -0.39 is 0 Å². The summed E-state index contributed by atoms with van der Waals surface area (Å²) in [6.07, 6.45) is 22.0. The highest BCUT2D eigenvalue weighted by atomic mass is 14.6. The van der Waals surface area contributed by atoms with Crippen LogP contribution in [0.2, 0.25) is 0 Å². The molecule has 0 heterocycles. The first kappa shape index (κ1) is 22.0. The lowest BCUT2D eigenvalue weighted by Crippen LogP contribution is -2.30. The van der Waals surface area contributed by atoms with Crippen molar-refractivity contribution in [3.8, 4) is 0 Å². The van der Waals surface area contributed by atoms with Crippen LogP contribution in [0.25, 0.3) is 0 Å². The molecule has 0 amide bonds. The molecule has 2 N–H and O–H groups in total. The molecule has 0 spiro atoms. The van der Waals surface area contributed by atoms with Crippen LogP contribution < -0.4 is 5.73 Å². The second kappa shape index (κ2) is 17.3. The molecular weight excluding hydrogens is 266 g/mol. The predicted octanol–water partition coefficient (Wildman–Crippen LogP) is 7.23. The molecule has 1 heteroatoms. The molecule has 134 valence electrons. The summed E-state index contributed by atoms with van der Waals surface area (Å²) < 4.78 is 0. The maximum absolute atomic E-state index is 6.56. The smallest absolute Gasteiger partial charge is 0.00671 e. The third kappa shape index (κ3) is 13.6. The van der Waals surface area contributed by atoms with E-state index in [1.165, 1.54) is 103 Å². The molecule has 0 aromatic rings. The van der Waals surface area contributed by atoms with E-state index in [1.54, 1.807) is 0 Å². The molecule has 1 unspecified atom stereocenters.